The third-order valence-corrected chi connectivity index (χ3v) is 2.83. The summed E-state index contributed by atoms with van der Waals surface area (Å²) in [6.45, 7) is 0. The van der Waals surface area contributed by atoms with Crippen LogP contribution in [0.15, 0.2) is 28.8 Å². The van der Waals surface area contributed by atoms with E-state index in [0.29, 0.717) is 6.42 Å². The summed E-state index contributed by atoms with van der Waals surface area (Å²) in [5.74, 6) is 0.225. The van der Waals surface area contributed by atoms with Crippen molar-refractivity contribution in [2.24, 2.45) is 5.73 Å². The fourth-order valence-electron chi connectivity index (χ4n) is 1.75. The lowest BCUT2D eigenvalue weighted by Gasteiger charge is -2.06. The van der Waals surface area contributed by atoms with Crippen LogP contribution in [0.1, 0.15) is 29.7 Å². The first-order valence-corrected chi connectivity index (χ1v) is 6.26. The van der Waals surface area contributed by atoms with Crippen molar-refractivity contribution in [1.29, 1.82) is 0 Å². The maximum atomic E-state index is 12.1. The van der Waals surface area contributed by atoms with Gasteiger partial charge in [-0.1, -0.05) is 17.3 Å². The van der Waals surface area contributed by atoms with Gasteiger partial charge in [0.1, 0.15) is 5.75 Å². The smallest absolute Gasteiger partial charge is 0.389 e. The molecule has 8 heteroatoms. The lowest BCUT2D eigenvalue weighted by Crippen LogP contribution is -2.14. The Hall–Kier alpha value is -2.09. The number of rotatable bonds is 5. The molecular weight excluding hydrogens is 287 g/mol. The van der Waals surface area contributed by atoms with E-state index in [9.17, 15) is 18.3 Å². The van der Waals surface area contributed by atoms with Crippen molar-refractivity contribution in [3.8, 4) is 5.75 Å². The van der Waals surface area contributed by atoms with E-state index in [-0.39, 0.29) is 23.9 Å². The molecular formula is C13H14F3N3O2. The number of halogens is 3. The average molecular weight is 301 g/mol. The fourth-order valence-corrected chi connectivity index (χ4v) is 1.75. The molecule has 114 valence electrons. The summed E-state index contributed by atoms with van der Waals surface area (Å²) in [7, 11) is 0. The molecule has 0 aliphatic rings. The van der Waals surface area contributed by atoms with Crippen LogP contribution in [0.3, 0.4) is 0 Å². The molecule has 2 rings (SSSR count). The highest BCUT2D eigenvalue weighted by molar-refractivity contribution is 5.26. The van der Waals surface area contributed by atoms with Gasteiger partial charge in [0, 0.05) is 6.42 Å². The fraction of sp³-hybridized carbons (Fsp3) is 0.385. The van der Waals surface area contributed by atoms with E-state index in [0.717, 1.165) is 5.56 Å². The van der Waals surface area contributed by atoms with Gasteiger partial charge in [0.2, 0.25) is 5.89 Å². The Bertz CT molecular complexity index is 581. The lowest BCUT2D eigenvalue weighted by molar-refractivity contribution is -0.134. The van der Waals surface area contributed by atoms with E-state index >= 15 is 0 Å². The highest BCUT2D eigenvalue weighted by Crippen LogP contribution is 2.22. The molecule has 0 radical (unpaired) electrons. The normalized spacial score (nSPS) is 13.3. The number of aromatic hydroxyl groups is 1. The Morgan fingerprint density at radius 3 is 2.52 bits per heavy atom. The molecule has 1 heterocycles. The summed E-state index contributed by atoms with van der Waals surface area (Å²) in [4.78, 5) is 3.87. The maximum absolute atomic E-state index is 12.1. The zero-order valence-corrected chi connectivity index (χ0v) is 11.0. The molecule has 0 saturated heterocycles. The summed E-state index contributed by atoms with van der Waals surface area (Å²) in [5.41, 5.74) is 6.72. The van der Waals surface area contributed by atoms with E-state index in [4.69, 9.17) is 10.3 Å². The van der Waals surface area contributed by atoms with E-state index in [1.54, 1.807) is 12.1 Å². The highest BCUT2D eigenvalue weighted by atomic mass is 19.4. The molecule has 0 amide bonds. The van der Waals surface area contributed by atoms with Crippen molar-refractivity contribution in [2.75, 3.05) is 0 Å². The number of alkyl halides is 3. The van der Waals surface area contributed by atoms with Crippen molar-refractivity contribution < 1.29 is 22.8 Å². The van der Waals surface area contributed by atoms with Crippen molar-refractivity contribution in [3.63, 3.8) is 0 Å². The zero-order chi connectivity index (χ0) is 15.5. The Kier molecular flexibility index (Phi) is 4.46. The van der Waals surface area contributed by atoms with Crippen LogP contribution >= 0.6 is 0 Å². The van der Waals surface area contributed by atoms with Crippen LogP contribution in [0.5, 0.6) is 5.75 Å². The second-order valence-corrected chi connectivity index (χ2v) is 4.64. The van der Waals surface area contributed by atoms with Crippen LogP contribution in [-0.4, -0.2) is 21.4 Å². The van der Waals surface area contributed by atoms with Gasteiger partial charge in [0.25, 0.3) is 0 Å². The Morgan fingerprint density at radius 1 is 1.24 bits per heavy atom. The minimum absolute atomic E-state index is 0.0107. The van der Waals surface area contributed by atoms with Gasteiger partial charge in [-0.3, -0.25) is 0 Å². The number of hydrogen-bond donors (Lipinski definition) is 2. The molecule has 0 aliphatic carbocycles. The number of phenolic OH excluding ortho intramolecular Hbond substituents is 1. The molecule has 0 spiro atoms. The van der Waals surface area contributed by atoms with Gasteiger partial charge in [0.05, 0.1) is 12.5 Å². The summed E-state index contributed by atoms with van der Waals surface area (Å²) in [5, 5.41) is 12.7. The van der Waals surface area contributed by atoms with Gasteiger partial charge < -0.3 is 15.4 Å². The summed E-state index contributed by atoms with van der Waals surface area (Å²) < 4.78 is 41.2. The quantitative estimate of drug-likeness (QED) is 0.886. The Balaban J connectivity index is 1.95. The van der Waals surface area contributed by atoms with Crippen molar-refractivity contribution >= 4 is 0 Å². The Morgan fingerprint density at radius 2 is 1.90 bits per heavy atom. The molecule has 0 saturated carbocycles. The third kappa shape index (κ3) is 4.75. The number of aryl methyl sites for hydroxylation is 1. The molecule has 0 fully saturated rings. The Labute approximate surface area is 118 Å². The monoisotopic (exact) mass is 301 g/mol. The second kappa shape index (κ2) is 6.13. The van der Waals surface area contributed by atoms with Gasteiger partial charge in [-0.05, 0) is 24.1 Å². The third-order valence-electron chi connectivity index (χ3n) is 2.83. The predicted molar refractivity (Wildman–Crippen MR) is 67.4 cm³/mol. The molecule has 0 aliphatic heterocycles. The standard InChI is InChI=1S/C13H14F3N3O2/c14-13(15,16)6-5-11-18-12(21-19-11)10(17)7-8-1-3-9(20)4-2-8/h1-4,10,20H,5-7,17H2/t10-/m1/s1. The number of phenols is 1. The van der Waals surface area contributed by atoms with Gasteiger partial charge in [-0.25, -0.2) is 0 Å². The minimum Gasteiger partial charge on any atom is -0.508 e. The first-order chi connectivity index (χ1) is 9.83. The summed E-state index contributed by atoms with van der Waals surface area (Å²) >= 11 is 0. The molecule has 5 nitrogen and oxygen atoms in total. The van der Waals surface area contributed by atoms with Crippen molar-refractivity contribution in [3.05, 3.63) is 41.5 Å². The SMILES string of the molecule is N[C@H](Cc1ccc(O)cc1)c1nc(CCC(F)(F)F)no1. The van der Waals surface area contributed by atoms with Gasteiger partial charge in [0.15, 0.2) is 5.82 Å². The van der Waals surface area contributed by atoms with Crippen LogP contribution in [0.2, 0.25) is 0 Å². The van der Waals surface area contributed by atoms with Crippen LogP contribution in [-0.2, 0) is 12.8 Å². The molecule has 2 aromatic rings. The van der Waals surface area contributed by atoms with Crippen LogP contribution in [0.4, 0.5) is 13.2 Å². The molecule has 1 atom stereocenters. The van der Waals surface area contributed by atoms with E-state index < -0.39 is 18.6 Å². The largest absolute Gasteiger partial charge is 0.508 e. The van der Waals surface area contributed by atoms with Gasteiger partial charge in [-0.2, -0.15) is 18.2 Å². The molecule has 1 aromatic heterocycles. The van der Waals surface area contributed by atoms with E-state index in [1.807, 2.05) is 0 Å². The molecule has 0 unspecified atom stereocenters. The second-order valence-electron chi connectivity index (χ2n) is 4.64. The number of benzene rings is 1. The maximum Gasteiger partial charge on any atom is 0.389 e. The molecule has 1 aromatic carbocycles. The van der Waals surface area contributed by atoms with Crippen LogP contribution in [0, 0.1) is 0 Å². The van der Waals surface area contributed by atoms with Crippen LogP contribution in [0.25, 0.3) is 0 Å². The molecule has 0 bridgehead atoms. The minimum atomic E-state index is -4.26. The van der Waals surface area contributed by atoms with Crippen LogP contribution < -0.4 is 5.73 Å². The first kappa shape index (κ1) is 15.3. The van der Waals surface area contributed by atoms with Gasteiger partial charge in [-0.15, -0.1) is 0 Å². The lowest BCUT2D eigenvalue weighted by atomic mass is 10.1. The summed E-state index contributed by atoms with van der Waals surface area (Å²) in [6, 6.07) is 5.81. The number of nitrogens with two attached hydrogens (primary N) is 1. The molecule has 3 N–H and O–H groups in total. The number of nitrogens with zero attached hydrogens (tertiary/aromatic N) is 2. The van der Waals surface area contributed by atoms with Crippen molar-refractivity contribution in [2.45, 2.75) is 31.5 Å². The average Bonchev–Trinajstić information content (AvgIpc) is 2.87. The number of aromatic nitrogens is 2. The van der Waals surface area contributed by atoms with E-state index in [1.165, 1.54) is 12.1 Å². The van der Waals surface area contributed by atoms with Gasteiger partial charge >= 0.3 is 6.18 Å². The van der Waals surface area contributed by atoms with Crippen molar-refractivity contribution in [1.82, 2.24) is 10.1 Å². The topological polar surface area (TPSA) is 85.2 Å². The molecule has 21 heavy (non-hydrogen) atoms. The first-order valence-electron chi connectivity index (χ1n) is 6.26. The zero-order valence-electron chi connectivity index (χ0n) is 11.0. The van der Waals surface area contributed by atoms with E-state index in [2.05, 4.69) is 10.1 Å². The number of hydrogen-bond acceptors (Lipinski definition) is 5. The summed E-state index contributed by atoms with van der Waals surface area (Å²) in [6.07, 6.45) is -5.21. The highest BCUT2D eigenvalue weighted by Gasteiger charge is 2.28. The predicted octanol–water partition coefficient (Wildman–Crippen LogP) is 2.51.